The van der Waals surface area contributed by atoms with Gasteiger partial charge in [-0.1, -0.05) is 47.7 Å². The van der Waals surface area contributed by atoms with E-state index in [1.807, 2.05) is 36.4 Å². The van der Waals surface area contributed by atoms with E-state index in [1.54, 1.807) is 24.3 Å². The van der Waals surface area contributed by atoms with Crippen molar-refractivity contribution in [1.82, 2.24) is 4.98 Å². The number of Topliss-reactive ketones (excluding diaryl/α,β-unsaturated/α-hetero) is 1. The largest absolute Gasteiger partial charge is 0.332 e. The molecule has 4 nitrogen and oxygen atoms in total. The second-order valence-corrected chi connectivity index (χ2v) is 6.67. The molecular weight excluding hydrogens is 570 g/mol. The number of rotatable bonds is 3. The van der Waals surface area contributed by atoms with E-state index >= 15 is 0 Å². The van der Waals surface area contributed by atoms with E-state index in [1.165, 1.54) is 11.3 Å². The first-order valence-corrected chi connectivity index (χ1v) is 8.49. The number of amides is 1. The average molecular weight is 583 g/mol. The fourth-order valence-corrected chi connectivity index (χ4v) is 3.55. The van der Waals surface area contributed by atoms with E-state index in [2.05, 4.69) is 17.2 Å². The van der Waals surface area contributed by atoms with Gasteiger partial charge < -0.3 is 4.79 Å². The first kappa shape index (κ1) is 18.7. The zero-order valence-electron chi connectivity index (χ0n) is 13.7. The molecule has 1 amide bonds. The molecule has 0 aliphatic rings. The van der Waals surface area contributed by atoms with Gasteiger partial charge in [0.1, 0.15) is 0 Å². The van der Waals surface area contributed by atoms with Gasteiger partial charge in [0.25, 0.3) is 5.91 Å². The molecule has 126 valence electrons. The van der Waals surface area contributed by atoms with Crippen LogP contribution in [0, 0.1) is 38.0 Å². The Labute approximate surface area is 178 Å². The van der Waals surface area contributed by atoms with Crippen LogP contribution in [0.1, 0.15) is 20.7 Å². The molecule has 0 bridgehead atoms. The molecule has 0 saturated heterocycles. The number of nitrogens with zero attached hydrogens (tertiary/aromatic N) is 1. The Balaban J connectivity index is 0.00000196. The Morgan fingerprint density at radius 2 is 1.65 bits per heavy atom. The van der Waals surface area contributed by atoms with E-state index in [-0.39, 0.29) is 42.8 Å². The molecular formula is C20H13N2O2SU-. The minimum absolute atomic E-state index is 0. The van der Waals surface area contributed by atoms with Crippen molar-refractivity contribution in [2.45, 2.75) is 0 Å². The zero-order chi connectivity index (χ0) is 17.4. The maximum absolute atomic E-state index is 12.5. The van der Waals surface area contributed by atoms with Crippen molar-refractivity contribution in [3.05, 3.63) is 78.7 Å². The molecule has 4 rings (SSSR count). The third-order valence-electron chi connectivity index (χ3n) is 3.94. The van der Waals surface area contributed by atoms with Gasteiger partial charge in [0, 0.05) is 47.2 Å². The SMILES string of the molecule is [CH2-]C(=O)c1ccc2nc(NC(=O)c3ccc4ccccc4c3)sc2c1.[U]. The van der Waals surface area contributed by atoms with Gasteiger partial charge in [0.05, 0.1) is 5.52 Å². The summed E-state index contributed by atoms with van der Waals surface area (Å²) < 4.78 is 0.836. The van der Waals surface area contributed by atoms with Gasteiger partial charge in [0.2, 0.25) is 0 Å². The number of aromatic nitrogens is 1. The van der Waals surface area contributed by atoms with Gasteiger partial charge in [-0.15, -0.1) is 17.7 Å². The number of benzene rings is 3. The van der Waals surface area contributed by atoms with Crippen molar-refractivity contribution in [3.63, 3.8) is 0 Å². The number of carbonyl (C=O) groups is 2. The normalized spacial score (nSPS) is 10.5. The molecule has 1 N–H and O–H groups in total. The molecule has 1 aromatic heterocycles. The minimum atomic E-state index is -0.239. The second kappa shape index (κ2) is 7.63. The zero-order valence-corrected chi connectivity index (χ0v) is 18.6. The van der Waals surface area contributed by atoms with Crippen LogP contribution in [0.25, 0.3) is 21.0 Å². The number of anilines is 1. The maximum atomic E-state index is 12.5. The fourth-order valence-electron chi connectivity index (χ4n) is 2.65. The van der Waals surface area contributed by atoms with Gasteiger partial charge in [-0.25, -0.2) is 4.98 Å². The molecule has 6 heteroatoms. The van der Waals surface area contributed by atoms with Gasteiger partial charge in [-0.05, 0) is 22.9 Å². The Morgan fingerprint density at radius 3 is 2.42 bits per heavy atom. The van der Waals surface area contributed by atoms with Gasteiger partial charge >= 0.3 is 0 Å². The molecule has 0 saturated carbocycles. The number of fused-ring (bicyclic) bond motifs is 2. The van der Waals surface area contributed by atoms with E-state index in [9.17, 15) is 9.59 Å². The van der Waals surface area contributed by atoms with Gasteiger partial charge in [-0.3, -0.25) is 10.1 Å². The van der Waals surface area contributed by atoms with Crippen LogP contribution in [0.15, 0.2) is 60.7 Å². The standard InChI is InChI=1S/C20H13N2O2S.U/c1-12(23)14-8-9-17-18(11-14)25-20(21-17)22-19(24)16-7-6-13-4-2-3-5-15(13)10-16;/h2-11H,1H2,(H,21,22,24);/q-1;. The first-order valence-electron chi connectivity index (χ1n) is 7.67. The summed E-state index contributed by atoms with van der Waals surface area (Å²) in [7, 11) is 0. The predicted molar refractivity (Wildman–Crippen MR) is 101 cm³/mol. The average Bonchev–Trinajstić information content (AvgIpc) is 3.02. The predicted octanol–water partition coefficient (Wildman–Crippen LogP) is 4.72. The van der Waals surface area contributed by atoms with Crippen molar-refractivity contribution >= 4 is 49.1 Å². The first-order chi connectivity index (χ1) is 12.1. The Hall–Kier alpha value is -2.13. The Bertz CT molecular complexity index is 1140. The van der Waals surface area contributed by atoms with Crippen LogP contribution >= 0.6 is 11.3 Å². The minimum Gasteiger partial charge on any atom is -0.332 e. The van der Waals surface area contributed by atoms with E-state index < -0.39 is 0 Å². The molecule has 0 radical (unpaired) electrons. The Morgan fingerprint density at radius 1 is 0.923 bits per heavy atom. The van der Waals surface area contributed by atoms with E-state index in [4.69, 9.17) is 0 Å². The van der Waals surface area contributed by atoms with Gasteiger partial charge in [-0.2, -0.15) is 6.92 Å². The van der Waals surface area contributed by atoms with Crippen LogP contribution in [0.2, 0.25) is 0 Å². The van der Waals surface area contributed by atoms with Crippen molar-refractivity contribution in [3.8, 4) is 0 Å². The van der Waals surface area contributed by atoms with Crippen molar-refractivity contribution in [2.24, 2.45) is 0 Å². The third-order valence-corrected chi connectivity index (χ3v) is 4.88. The topological polar surface area (TPSA) is 59.1 Å². The molecule has 0 unspecified atom stereocenters. The van der Waals surface area contributed by atoms with Crippen LogP contribution < -0.4 is 5.32 Å². The van der Waals surface area contributed by atoms with Crippen LogP contribution in [0.5, 0.6) is 0 Å². The van der Waals surface area contributed by atoms with Crippen molar-refractivity contribution in [1.29, 1.82) is 0 Å². The molecule has 4 aromatic rings. The summed E-state index contributed by atoms with van der Waals surface area (Å²) in [6.45, 7) is 3.41. The molecule has 0 fully saturated rings. The summed E-state index contributed by atoms with van der Waals surface area (Å²) in [5, 5.41) is 5.43. The van der Waals surface area contributed by atoms with Crippen molar-refractivity contribution < 1.29 is 40.7 Å². The van der Waals surface area contributed by atoms with Crippen LogP contribution in [-0.4, -0.2) is 16.7 Å². The molecule has 1 heterocycles. The number of ketones is 1. The monoisotopic (exact) mass is 583 g/mol. The Kier molecular flexibility index (Phi) is 5.47. The summed E-state index contributed by atoms with van der Waals surface area (Å²) in [5.74, 6) is -0.449. The van der Waals surface area contributed by atoms with Crippen molar-refractivity contribution in [2.75, 3.05) is 5.32 Å². The molecule has 0 spiro atoms. The third kappa shape index (κ3) is 3.68. The smallest absolute Gasteiger partial charge is 0.257 e. The van der Waals surface area contributed by atoms with E-state index in [0.717, 1.165) is 21.0 Å². The second-order valence-electron chi connectivity index (χ2n) is 5.64. The number of carbonyl (C=O) groups excluding carboxylic acids is 2. The molecule has 26 heavy (non-hydrogen) atoms. The molecule has 3 aromatic carbocycles. The summed E-state index contributed by atoms with van der Waals surface area (Å²) in [6, 6.07) is 18.7. The molecule has 0 aliphatic carbocycles. The summed E-state index contributed by atoms with van der Waals surface area (Å²) >= 11 is 1.33. The van der Waals surface area contributed by atoms with E-state index in [0.29, 0.717) is 16.3 Å². The number of nitrogens with one attached hydrogen (secondary N) is 1. The van der Waals surface area contributed by atoms with Gasteiger partial charge in [0.15, 0.2) is 5.13 Å². The summed E-state index contributed by atoms with van der Waals surface area (Å²) in [5.41, 5.74) is 1.85. The molecule has 0 aliphatic heterocycles. The van der Waals surface area contributed by atoms with Crippen LogP contribution in [0.3, 0.4) is 0 Å². The van der Waals surface area contributed by atoms with Crippen LogP contribution in [0.4, 0.5) is 5.13 Å². The number of thiazole rings is 1. The number of hydrogen-bond acceptors (Lipinski definition) is 4. The van der Waals surface area contributed by atoms with Crippen LogP contribution in [-0.2, 0) is 0 Å². The quantitative estimate of drug-likeness (QED) is 0.281. The number of hydrogen-bond donors (Lipinski definition) is 1. The summed E-state index contributed by atoms with van der Waals surface area (Å²) in [6.07, 6.45) is 0. The summed E-state index contributed by atoms with van der Waals surface area (Å²) in [4.78, 5) is 28.3. The maximum Gasteiger partial charge on any atom is 0.257 e. The fraction of sp³-hybridized carbons (Fsp3) is 0. The molecule has 0 atom stereocenters.